The molecule has 5 nitrogen and oxygen atoms in total. The van der Waals surface area contributed by atoms with Crippen LogP contribution in [0.5, 0.6) is 5.75 Å². The number of anilines is 1. The van der Waals surface area contributed by atoms with Crippen LogP contribution in [-0.2, 0) is 4.74 Å². The van der Waals surface area contributed by atoms with Gasteiger partial charge in [0.05, 0.1) is 17.8 Å². The summed E-state index contributed by atoms with van der Waals surface area (Å²) in [5.74, 6) is -0.0633. The number of carbonyl (C=O) groups is 1. The first kappa shape index (κ1) is 15.9. The van der Waals surface area contributed by atoms with Crippen molar-refractivity contribution in [1.29, 1.82) is 0 Å². The van der Waals surface area contributed by atoms with E-state index in [9.17, 15) is 4.79 Å². The summed E-state index contributed by atoms with van der Waals surface area (Å²) in [6.45, 7) is 1.42. The quantitative estimate of drug-likeness (QED) is 0.684. The van der Waals surface area contributed by atoms with Crippen LogP contribution in [0.2, 0.25) is 5.02 Å². The third-order valence-electron chi connectivity index (χ3n) is 3.87. The van der Waals surface area contributed by atoms with Crippen molar-refractivity contribution < 1.29 is 14.3 Å². The number of methoxy groups -OCH3 is 1. The monoisotopic (exact) mass is 312 g/mol. The maximum atomic E-state index is 12.2. The van der Waals surface area contributed by atoms with E-state index < -0.39 is 5.97 Å². The van der Waals surface area contributed by atoms with Crippen LogP contribution in [0.3, 0.4) is 0 Å². The fourth-order valence-electron chi connectivity index (χ4n) is 2.50. The van der Waals surface area contributed by atoms with Gasteiger partial charge in [0.15, 0.2) is 0 Å². The lowest BCUT2D eigenvalue weighted by Crippen LogP contribution is -2.39. The lowest BCUT2D eigenvalue weighted by atomic mass is 10.0. The fourth-order valence-corrected chi connectivity index (χ4v) is 2.67. The third-order valence-corrected chi connectivity index (χ3v) is 4.19. The minimum atomic E-state index is -0.437. The van der Waals surface area contributed by atoms with Gasteiger partial charge >= 0.3 is 5.97 Å². The molecule has 1 aliphatic rings. The summed E-state index contributed by atoms with van der Waals surface area (Å²) in [5, 5.41) is 0.317. The molecular formula is C15H21ClN2O3. The first-order chi connectivity index (χ1) is 10.0. The van der Waals surface area contributed by atoms with E-state index in [1.807, 2.05) is 0 Å². The average Bonchev–Trinajstić information content (AvgIpc) is 2.48. The van der Waals surface area contributed by atoms with E-state index in [1.165, 1.54) is 32.1 Å². The molecule has 0 radical (unpaired) electrons. The SMILES string of the molecule is COc1cc(N)c(Cl)cc1C(=O)OCC1CCCCN1C. The summed E-state index contributed by atoms with van der Waals surface area (Å²) >= 11 is 5.96. The van der Waals surface area contributed by atoms with Gasteiger partial charge in [0.1, 0.15) is 17.9 Å². The van der Waals surface area contributed by atoms with Crippen LogP contribution in [0.4, 0.5) is 5.69 Å². The topological polar surface area (TPSA) is 64.8 Å². The lowest BCUT2D eigenvalue weighted by Gasteiger charge is -2.31. The normalized spacial score (nSPS) is 19.3. The summed E-state index contributed by atoms with van der Waals surface area (Å²) in [5.41, 5.74) is 6.38. The zero-order valence-corrected chi connectivity index (χ0v) is 13.2. The smallest absolute Gasteiger partial charge is 0.342 e. The van der Waals surface area contributed by atoms with Gasteiger partial charge in [-0.3, -0.25) is 0 Å². The number of hydrogen-bond acceptors (Lipinski definition) is 5. The molecule has 0 amide bonds. The van der Waals surface area contributed by atoms with Gasteiger partial charge in [0.2, 0.25) is 0 Å². The number of rotatable bonds is 4. The number of carbonyl (C=O) groups excluding carboxylic acids is 1. The molecule has 1 unspecified atom stereocenters. The third kappa shape index (κ3) is 3.80. The second-order valence-electron chi connectivity index (χ2n) is 5.30. The Labute approximate surface area is 130 Å². The molecule has 1 aliphatic heterocycles. The zero-order chi connectivity index (χ0) is 15.4. The van der Waals surface area contributed by atoms with Crippen LogP contribution in [0.1, 0.15) is 29.6 Å². The Kier molecular flexibility index (Phi) is 5.31. The van der Waals surface area contributed by atoms with Crippen molar-refractivity contribution >= 4 is 23.3 Å². The van der Waals surface area contributed by atoms with Crippen LogP contribution < -0.4 is 10.5 Å². The highest BCUT2D eigenvalue weighted by Crippen LogP contribution is 2.29. The Morgan fingerprint density at radius 2 is 2.24 bits per heavy atom. The molecule has 1 fully saturated rings. The highest BCUT2D eigenvalue weighted by molar-refractivity contribution is 6.33. The molecule has 0 spiro atoms. The van der Waals surface area contributed by atoms with E-state index in [1.54, 1.807) is 0 Å². The maximum absolute atomic E-state index is 12.2. The number of likely N-dealkylation sites (tertiary alicyclic amines) is 1. The molecule has 1 heterocycles. The molecule has 0 bridgehead atoms. The number of ether oxygens (including phenoxy) is 2. The molecule has 2 N–H and O–H groups in total. The highest BCUT2D eigenvalue weighted by Gasteiger charge is 2.22. The fraction of sp³-hybridized carbons (Fsp3) is 0.533. The summed E-state index contributed by atoms with van der Waals surface area (Å²) in [4.78, 5) is 14.4. The Hall–Kier alpha value is -1.46. The molecule has 21 heavy (non-hydrogen) atoms. The van der Waals surface area contributed by atoms with Gasteiger partial charge in [-0.1, -0.05) is 18.0 Å². The Morgan fingerprint density at radius 3 is 2.90 bits per heavy atom. The first-order valence-electron chi connectivity index (χ1n) is 7.03. The number of benzene rings is 1. The number of nitrogens with two attached hydrogens (primary N) is 1. The van der Waals surface area contributed by atoms with Crippen molar-refractivity contribution in [3.05, 3.63) is 22.7 Å². The van der Waals surface area contributed by atoms with Crippen molar-refractivity contribution in [1.82, 2.24) is 4.90 Å². The van der Waals surface area contributed by atoms with E-state index in [0.717, 1.165) is 13.0 Å². The molecule has 116 valence electrons. The number of halogens is 1. The largest absolute Gasteiger partial charge is 0.496 e. The molecule has 2 rings (SSSR count). The molecule has 1 aromatic carbocycles. The van der Waals surface area contributed by atoms with Gasteiger partial charge in [-0.2, -0.15) is 0 Å². The maximum Gasteiger partial charge on any atom is 0.342 e. The van der Waals surface area contributed by atoms with Crippen molar-refractivity contribution in [2.75, 3.05) is 33.0 Å². The average molecular weight is 313 g/mol. The van der Waals surface area contributed by atoms with Crippen molar-refractivity contribution in [2.45, 2.75) is 25.3 Å². The molecule has 0 aromatic heterocycles. The van der Waals surface area contributed by atoms with Crippen LogP contribution in [0.25, 0.3) is 0 Å². The Morgan fingerprint density at radius 1 is 1.48 bits per heavy atom. The molecular weight excluding hydrogens is 292 g/mol. The molecule has 1 atom stereocenters. The van der Waals surface area contributed by atoms with Crippen LogP contribution >= 0.6 is 11.6 Å². The molecule has 0 saturated carbocycles. The van der Waals surface area contributed by atoms with E-state index in [0.29, 0.717) is 28.6 Å². The number of piperidine rings is 1. The molecule has 6 heteroatoms. The minimum Gasteiger partial charge on any atom is -0.496 e. The second kappa shape index (κ2) is 7.00. The van der Waals surface area contributed by atoms with Crippen LogP contribution in [0, 0.1) is 0 Å². The summed E-state index contributed by atoms with van der Waals surface area (Å²) in [7, 11) is 3.53. The van der Waals surface area contributed by atoms with Gasteiger partial charge in [-0.25, -0.2) is 4.79 Å². The van der Waals surface area contributed by atoms with Crippen LogP contribution in [0.15, 0.2) is 12.1 Å². The van der Waals surface area contributed by atoms with E-state index in [2.05, 4.69) is 11.9 Å². The zero-order valence-electron chi connectivity index (χ0n) is 12.4. The van der Waals surface area contributed by atoms with Gasteiger partial charge in [0, 0.05) is 12.1 Å². The summed E-state index contributed by atoms with van der Waals surface area (Å²) in [6, 6.07) is 3.30. The predicted molar refractivity (Wildman–Crippen MR) is 83.0 cm³/mol. The van der Waals surface area contributed by atoms with Crippen molar-refractivity contribution in [2.24, 2.45) is 0 Å². The molecule has 1 aromatic rings. The number of likely N-dealkylation sites (N-methyl/N-ethyl adjacent to an activating group) is 1. The Balaban J connectivity index is 2.04. The van der Waals surface area contributed by atoms with Gasteiger partial charge in [-0.05, 0) is 32.5 Å². The minimum absolute atomic E-state index is 0.276. The van der Waals surface area contributed by atoms with Crippen LogP contribution in [-0.4, -0.2) is 44.2 Å². The van der Waals surface area contributed by atoms with Gasteiger partial charge < -0.3 is 20.1 Å². The van der Waals surface area contributed by atoms with Crippen molar-refractivity contribution in [3.63, 3.8) is 0 Å². The summed E-state index contributed by atoms with van der Waals surface area (Å²) < 4.78 is 10.6. The standard InChI is InChI=1S/C15H21ClN2O3/c1-18-6-4-3-5-10(18)9-21-15(19)11-7-12(16)13(17)8-14(11)20-2/h7-8,10H,3-6,9,17H2,1-2H3. The first-order valence-corrected chi connectivity index (χ1v) is 7.41. The summed E-state index contributed by atoms with van der Waals surface area (Å²) in [6.07, 6.45) is 3.41. The van der Waals surface area contributed by atoms with E-state index >= 15 is 0 Å². The van der Waals surface area contributed by atoms with Gasteiger partial charge in [0.25, 0.3) is 0 Å². The highest BCUT2D eigenvalue weighted by atomic mass is 35.5. The lowest BCUT2D eigenvalue weighted by molar-refractivity contribution is 0.0325. The Bertz CT molecular complexity index is 522. The predicted octanol–water partition coefficient (Wildman–Crippen LogP) is 2.57. The molecule has 1 saturated heterocycles. The second-order valence-corrected chi connectivity index (χ2v) is 5.71. The number of hydrogen-bond donors (Lipinski definition) is 1. The van der Waals surface area contributed by atoms with Gasteiger partial charge in [-0.15, -0.1) is 0 Å². The van der Waals surface area contributed by atoms with E-state index in [4.69, 9.17) is 26.8 Å². The van der Waals surface area contributed by atoms with Crippen molar-refractivity contribution in [3.8, 4) is 5.75 Å². The molecule has 0 aliphatic carbocycles. The van der Waals surface area contributed by atoms with E-state index in [-0.39, 0.29) is 6.04 Å². The number of nitrogens with zero attached hydrogens (tertiary/aromatic N) is 1. The number of esters is 1. The number of nitrogen functional groups attached to an aromatic ring is 1.